The van der Waals surface area contributed by atoms with Gasteiger partial charge in [0.05, 0.1) is 12.3 Å². The molecule has 1 rings (SSSR count). The lowest BCUT2D eigenvalue weighted by Crippen LogP contribution is -2.14. The van der Waals surface area contributed by atoms with Gasteiger partial charge in [0.15, 0.2) is 0 Å². The van der Waals surface area contributed by atoms with Gasteiger partial charge in [0.25, 0.3) is 0 Å². The van der Waals surface area contributed by atoms with E-state index < -0.39 is 10.0 Å². The minimum atomic E-state index is -3.75. The maximum absolute atomic E-state index is 11.0. The van der Waals surface area contributed by atoms with Crippen molar-refractivity contribution in [3.63, 3.8) is 0 Å². The summed E-state index contributed by atoms with van der Waals surface area (Å²) in [6.07, 6.45) is 0. The van der Waals surface area contributed by atoms with Gasteiger partial charge in [-0.2, -0.15) is 0 Å². The molecule has 0 aliphatic rings. The Morgan fingerprint density at radius 1 is 1.43 bits per heavy atom. The van der Waals surface area contributed by atoms with Crippen molar-refractivity contribution in [3.8, 4) is 5.75 Å². The summed E-state index contributed by atoms with van der Waals surface area (Å²) in [5.41, 5.74) is 5.59. The van der Waals surface area contributed by atoms with Gasteiger partial charge in [-0.3, -0.25) is 0 Å². The maximum atomic E-state index is 11.0. The van der Waals surface area contributed by atoms with Crippen LogP contribution in [0.25, 0.3) is 0 Å². The standard InChI is InChI=1S/C8H12N2O3S/c1-2-13-6-3-4-8(7(9)5-6)14(10,11)12/h3-5H,2,9H2,1H3,(H2,10,11,12). The summed E-state index contributed by atoms with van der Waals surface area (Å²) in [5.74, 6) is 0.525. The highest BCUT2D eigenvalue weighted by Crippen LogP contribution is 2.22. The van der Waals surface area contributed by atoms with Crippen LogP contribution < -0.4 is 15.6 Å². The quantitative estimate of drug-likeness (QED) is 0.711. The molecule has 0 unspecified atom stereocenters. The van der Waals surface area contributed by atoms with Crippen molar-refractivity contribution in [1.29, 1.82) is 0 Å². The maximum Gasteiger partial charge on any atom is 0.240 e. The largest absolute Gasteiger partial charge is 0.494 e. The highest BCUT2D eigenvalue weighted by atomic mass is 32.2. The van der Waals surface area contributed by atoms with Crippen molar-refractivity contribution in [2.24, 2.45) is 5.14 Å². The molecule has 0 amide bonds. The highest BCUT2D eigenvalue weighted by Gasteiger charge is 2.12. The predicted octanol–water partition coefficient (Wildman–Crippen LogP) is 0.315. The SMILES string of the molecule is CCOc1ccc(S(N)(=O)=O)c(N)c1. The molecule has 0 heterocycles. The van der Waals surface area contributed by atoms with Crippen LogP contribution in [0.3, 0.4) is 0 Å². The van der Waals surface area contributed by atoms with Crippen molar-refractivity contribution in [2.45, 2.75) is 11.8 Å². The van der Waals surface area contributed by atoms with Gasteiger partial charge in [0, 0.05) is 6.07 Å². The van der Waals surface area contributed by atoms with Gasteiger partial charge in [0.2, 0.25) is 10.0 Å². The molecule has 0 saturated heterocycles. The fourth-order valence-electron chi connectivity index (χ4n) is 1.04. The average Bonchev–Trinajstić information content (AvgIpc) is 2.02. The molecule has 0 radical (unpaired) electrons. The molecule has 0 aromatic heterocycles. The molecule has 0 aliphatic carbocycles. The Kier molecular flexibility index (Phi) is 2.97. The first-order chi connectivity index (χ1) is 6.45. The van der Waals surface area contributed by atoms with Gasteiger partial charge in [-0.1, -0.05) is 0 Å². The zero-order valence-corrected chi connectivity index (χ0v) is 8.54. The number of sulfonamides is 1. The van der Waals surface area contributed by atoms with E-state index in [9.17, 15) is 8.42 Å². The lowest BCUT2D eigenvalue weighted by molar-refractivity contribution is 0.340. The molecule has 0 bridgehead atoms. The zero-order chi connectivity index (χ0) is 10.8. The molecule has 4 N–H and O–H groups in total. The summed E-state index contributed by atoms with van der Waals surface area (Å²) in [5, 5.41) is 4.93. The highest BCUT2D eigenvalue weighted by molar-refractivity contribution is 7.89. The second kappa shape index (κ2) is 3.85. The summed E-state index contributed by atoms with van der Waals surface area (Å²) < 4.78 is 27.1. The molecule has 1 aromatic rings. The number of hydrogen-bond acceptors (Lipinski definition) is 4. The van der Waals surface area contributed by atoms with Crippen molar-refractivity contribution >= 4 is 15.7 Å². The van der Waals surface area contributed by atoms with Gasteiger partial charge >= 0.3 is 0 Å². The monoisotopic (exact) mass is 216 g/mol. The molecule has 0 spiro atoms. The number of benzene rings is 1. The Morgan fingerprint density at radius 3 is 2.50 bits per heavy atom. The van der Waals surface area contributed by atoms with E-state index in [0.29, 0.717) is 12.4 Å². The van der Waals surface area contributed by atoms with Gasteiger partial charge in [-0.15, -0.1) is 0 Å². The molecule has 78 valence electrons. The van der Waals surface area contributed by atoms with Crippen LogP contribution in [-0.4, -0.2) is 15.0 Å². The van der Waals surface area contributed by atoms with Gasteiger partial charge in [-0.25, -0.2) is 13.6 Å². The molecular formula is C8H12N2O3S. The minimum Gasteiger partial charge on any atom is -0.494 e. The summed E-state index contributed by atoms with van der Waals surface area (Å²) in [4.78, 5) is -0.0825. The fourth-order valence-corrected chi connectivity index (χ4v) is 1.69. The molecule has 0 atom stereocenters. The van der Waals surface area contributed by atoms with Gasteiger partial charge < -0.3 is 10.5 Å². The fraction of sp³-hybridized carbons (Fsp3) is 0.250. The van der Waals surface area contributed by atoms with Crippen LogP contribution in [0.4, 0.5) is 5.69 Å². The molecule has 0 aliphatic heterocycles. The van der Waals surface area contributed by atoms with E-state index in [0.717, 1.165) is 0 Å². The lowest BCUT2D eigenvalue weighted by Gasteiger charge is -2.06. The summed E-state index contributed by atoms with van der Waals surface area (Å²) in [6, 6.07) is 4.28. The number of rotatable bonds is 3. The van der Waals surface area contributed by atoms with Crippen molar-refractivity contribution in [3.05, 3.63) is 18.2 Å². The van der Waals surface area contributed by atoms with Crippen molar-refractivity contribution in [2.75, 3.05) is 12.3 Å². The Balaban J connectivity index is 3.15. The van der Waals surface area contributed by atoms with E-state index in [4.69, 9.17) is 15.6 Å². The van der Waals surface area contributed by atoms with E-state index >= 15 is 0 Å². The average molecular weight is 216 g/mol. The van der Waals surface area contributed by atoms with Crippen LogP contribution in [0.1, 0.15) is 6.92 Å². The molecular weight excluding hydrogens is 204 g/mol. The van der Waals surface area contributed by atoms with Crippen LogP contribution in [-0.2, 0) is 10.0 Å². The molecule has 0 fully saturated rings. The zero-order valence-electron chi connectivity index (χ0n) is 7.73. The molecule has 1 aromatic carbocycles. The van der Waals surface area contributed by atoms with Gasteiger partial charge in [-0.05, 0) is 19.1 Å². The van der Waals surface area contributed by atoms with Crippen LogP contribution in [0.5, 0.6) is 5.75 Å². The molecule has 14 heavy (non-hydrogen) atoms. The lowest BCUT2D eigenvalue weighted by atomic mass is 10.3. The molecule has 0 saturated carbocycles. The third-order valence-corrected chi connectivity index (χ3v) is 2.58. The third kappa shape index (κ3) is 2.36. The van der Waals surface area contributed by atoms with E-state index in [1.807, 2.05) is 6.92 Å². The van der Waals surface area contributed by atoms with E-state index in [1.54, 1.807) is 0 Å². The Labute approximate surface area is 82.7 Å². The number of hydrogen-bond donors (Lipinski definition) is 2. The summed E-state index contributed by atoms with van der Waals surface area (Å²) in [7, 11) is -3.75. The number of primary sulfonamides is 1. The van der Waals surface area contributed by atoms with E-state index in [1.165, 1.54) is 18.2 Å². The van der Waals surface area contributed by atoms with Gasteiger partial charge in [0.1, 0.15) is 10.6 Å². The van der Waals surface area contributed by atoms with Crippen molar-refractivity contribution in [1.82, 2.24) is 0 Å². The molecule has 6 heteroatoms. The number of ether oxygens (including phenoxy) is 1. The van der Waals surface area contributed by atoms with Crippen LogP contribution >= 0.6 is 0 Å². The second-order valence-electron chi connectivity index (χ2n) is 2.68. The Morgan fingerprint density at radius 2 is 2.07 bits per heavy atom. The number of nitrogens with two attached hydrogens (primary N) is 2. The Hall–Kier alpha value is -1.27. The first kappa shape index (κ1) is 10.8. The molecule has 5 nitrogen and oxygen atoms in total. The number of nitrogen functional groups attached to an aromatic ring is 1. The summed E-state index contributed by atoms with van der Waals surface area (Å²) in [6.45, 7) is 2.32. The van der Waals surface area contributed by atoms with E-state index in [-0.39, 0.29) is 10.6 Å². The topological polar surface area (TPSA) is 95.4 Å². The first-order valence-electron chi connectivity index (χ1n) is 4.00. The smallest absolute Gasteiger partial charge is 0.240 e. The normalized spacial score (nSPS) is 11.3. The third-order valence-electron chi connectivity index (χ3n) is 1.60. The first-order valence-corrected chi connectivity index (χ1v) is 5.55. The minimum absolute atomic E-state index is 0.0825. The summed E-state index contributed by atoms with van der Waals surface area (Å²) >= 11 is 0. The Bertz CT molecular complexity index is 428. The number of anilines is 1. The van der Waals surface area contributed by atoms with Crippen molar-refractivity contribution < 1.29 is 13.2 Å². The van der Waals surface area contributed by atoms with Crippen LogP contribution in [0, 0.1) is 0 Å². The van der Waals surface area contributed by atoms with Crippen LogP contribution in [0.15, 0.2) is 23.1 Å². The van der Waals surface area contributed by atoms with Crippen LogP contribution in [0.2, 0.25) is 0 Å². The second-order valence-corrected chi connectivity index (χ2v) is 4.21. The van der Waals surface area contributed by atoms with E-state index in [2.05, 4.69) is 0 Å². The predicted molar refractivity (Wildman–Crippen MR) is 53.4 cm³/mol.